The molecule has 142 valence electrons. The van der Waals surface area contributed by atoms with Crippen LogP contribution in [0.4, 0.5) is 0 Å². The van der Waals surface area contributed by atoms with E-state index in [9.17, 15) is 9.59 Å². The van der Waals surface area contributed by atoms with Gasteiger partial charge in [-0.05, 0) is 44.0 Å². The number of carbonyl (C=O) groups is 1. The molecule has 0 bridgehead atoms. The van der Waals surface area contributed by atoms with Crippen molar-refractivity contribution in [2.75, 3.05) is 13.7 Å². The van der Waals surface area contributed by atoms with Crippen molar-refractivity contribution in [3.05, 3.63) is 58.1 Å². The molecule has 2 aromatic heterocycles. The van der Waals surface area contributed by atoms with Crippen molar-refractivity contribution in [1.82, 2.24) is 14.3 Å². The maximum absolute atomic E-state index is 13.0. The summed E-state index contributed by atoms with van der Waals surface area (Å²) in [6, 6.07) is 6.97. The van der Waals surface area contributed by atoms with Gasteiger partial charge in [-0.25, -0.2) is 9.48 Å². The van der Waals surface area contributed by atoms with Crippen LogP contribution in [0.3, 0.4) is 0 Å². The van der Waals surface area contributed by atoms with Gasteiger partial charge in [-0.15, -0.1) is 0 Å². The van der Waals surface area contributed by atoms with Gasteiger partial charge in [0.25, 0.3) is 5.56 Å². The van der Waals surface area contributed by atoms with Gasteiger partial charge >= 0.3 is 5.97 Å². The van der Waals surface area contributed by atoms with Crippen molar-refractivity contribution in [2.45, 2.75) is 33.4 Å². The quantitative estimate of drug-likeness (QED) is 0.625. The standard InChI is InChI=1S/C20H23N3O4/c1-5-27-20(25)14(3)22-11-13(2)18-17(22)10-21-23(19(18)24)12-15-6-8-16(26-4)9-7-15/h6-11,14H,5,12H2,1-4H3. The molecule has 3 aromatic rings. The highest BCUT2D eigenvalue weighted by Gasteiger charge is 2.21. The summed E-state index contributed by atoms with van der Waals surface area (Å²) in [7, 11) is 1.61. The summed E-state index contributed by atoms with van der Waals surface area (Å²) in [5.74, 6) is 0.423. The average molecular weight is 369 g/mol. The molecular weight excluding hydrogens is 346 g/mol. The molecule has 0 saturated heterocycles. The normalized spacial score (nSPS) is 12.1. The van der Waals surface area contributed by atoms with Crippen molar-refractivity contribution in [3.8, 4) is 5.75 Å². The van der Waals surface area contributed by atoms with Gasteiger partial charge in [0, 0.05) is 6.20 Å². The Bertz CT molecular complexity index is 1020. The van der Waals surface area contributed by atoms with E-state index in [-0.39, 0.29) is 11.5 Å². The van der Waals surface area contributed by atoms with Crippen LogP contribution in [0.1, 0.15) is 31.0 Å². The second kappa shape index (κ2) is 7.65. The summed E-state index contributed by atoms with van der Waals surface area (Å²) in [5.41, 5.74) is 2.19. The van der Waals surface area contributed by atoms with E-state index in [4.69, 9.17) is 9.47 Å². The first kappa shape index (κ1) is 18.7. The zero-order valence-corrected chi connectivity index (χ0v) is 15.9. The van der Waals surface area contributed by atoms with Crippen molar-refractivity contribution in [3.63, 3.8) is 0 Å². The fraction of sp³-hybridized carbons (Fsp3) is 0.350. The van der Waals surface area contributed by atoms with E-state index < -0.39 is 6.04 Å². The number of methoxy groups -OCH3 is 1. The second-order valence-corrected chi connectivity index (χ2v) is 6.36. The fourth-order valence-corrected chi connectivity index (χ4v) is 3.10. The number of aromatic nitrogens is 3. The summed E-state index contributed by atoms with van der Waals surface area (Å²) in [5, 5.41) is 4.87. The Morgan fingerprint density at radius 2 is 1.96 bits per heavy atom. The Kier molecular flexibility index (Phi) is 5.30. The van der Waals surface area contributed by atoms with Gasteiger partial charge in [-0.3, -0.25) is 4.79 Å². The average Bonchev–Trinajstić information content (AvgIpc) is 3.01. The van der Waals surface area contributed by atoms with Crippen LogP contribution in [0.5, 0.6) is 5.75 Å². The lowest BCUT2D eigenvalue weighted by Gasteiger charge is -2.14. The Labute approximate surface area is 157 Å². The molecule has 0 aliphatic carbocycles. The van der Waals surface area contributed by atoms with Crippen molar-refractivity contribution in [1.29, 1.82) is 0 Å². The Hall–Kier alpha value is -3.09. The highest BCUT2D eigenvalue weighted by molar-refractivity contribution is 5.85. The first-order valence-electron chi connectivity index (χ1n) is 8.83. The molecule has 1 atom stereocenters. The molecule has 0 spiro atoms. The van der Waals surface area contributed by atoms with Crippen LogP contribution in [-0.4, -0.2) is 34.0 Å². The van der Waals surface area contributed by atoms with Crippen LogP contribution in [-0.2, 0) is 16.1 Å². The lowest BCUT2D eigenvalue weighted by molar-refractivity contribution is -0.146. The smallest absolute Gasteiger partial charge is 0.328 e. The predicted molar refractivity (Wildman–Crippen MR) is 102 cm³/mol. The number of fused-ring (bicyclic) bond motifs is 1. The molecule has 0 saturated carbocycles. The molecular formula is C20H23N3O4. The third-order valence-corrected chi connectivity index (χ3v) is 4.57. The monoisotopic (exact) mass is 369 g/mol. The third kappa shape index (κ3) is 3.58. The lowest BCUT2D eigenvalue weighted by atomic mass is 10.2. The van der Waals surface area contributed by atoms with Gasteiger partial charge in [-0.1, -0.05) is 12.1 Å². The van der Waals surface area contributed by atoms with E-state index in [1.54, 1.807) is 37.9 Å². The summed E-state index contributed by atoms with van der Waals surface area (Å²) in [4.78, 5) is 25.0. The zero-order chi connectivity index (χ0) is 19.6. The molecule has 7 nitrogen and oxygen atoms in total. The van der Waals surface area contributed by atoms with Gasteiger partial charge in [0.15, 0.2) is 0 Å². The number of rotatable bonds is 6. The first-order chi connectivity index (χ1) is 13.0. The molecule has 2 heterocycles. The number of hydrogen-bond acceptors (Lipinski definition) is 5. The van der Waals surface area contributed by atoms with Gasteiger partial charge in [-0.2, -0.15) is 5.10 Å². The van der Waals surface area contributed by atoms with E-state index in [0.717, 1.165) is 16.9 Å². The van der Waals surface area contributed by atoms with Gasteiger partial charge in [0.2, 0.25) is 0 Å². The lowest BCUT2D eigenvalue weighted by Crippen LogP contribution is -2.24. The van der Waals surface area contributed by atoms with E-state index in [2.05, 4.69) is 5.10 Å². The third-order valence-electron chi connectivity index (χ3n) is 4.57. The molecule has 3 rings (SSSR count). The van der Waals surface area contributed by atoms with Crippen LogP contribution in [0.15, 0.2) is 41.5 Å². The Balaban J connectivity index is 1.98. The minimum absolute atomic E-state index is 0.185. The van der Waals surface area contributed by atoms with Gasteiger partial charge in [0.1, 0.15) is 11.8 Å². The number of benzene rings is 1. The molecule has 27 heavy (non-hydrogen) atoms. The molecule has 0 aliphatic heterocycles. The number of ether oxygens (including phenoxy) is 2. The molecule has 0 aliphatic rings. The van der Waals surface area contributed by atoms with Crippen LogP contribution in [0, 0.1) is 6.92 Å². The minimum Gasteiger partial charge on any atom is -0.497 e. The van der Waals surface area contributed by atoms with Crippen LogP contribution >= 0.6 is 0 Å². The van der Waals surface area contributed by atoms with E-state index in [1.807, 2.05) is 31.2 Å². The predicted octanol–water partition coefficient (Wildman–Crippen LogP) is 2.69. The Morgan fingerprint density at radius 3 is 2.59 bits per heavy atom. The molecule has 0 N–H and O–H groups in total. The first-order valence-corrected chi connectivity index (χ1v) is 8.83. The molecule has 0 amide bonds. The molecule has 0 radical (unpaired) electrons. The highest BCUT2D eigenvalue weighted by atomic mass is 16.5. The summed E-state index contributed by atoms with van der Waals surface area (Å²) in [6.45, 7) is 6.05. The zero-order valence-electron chi connectivity index (χ0n) is 15.9. The van der Waals surface area contributed by atoms with E-state index in [1.165, 1.54) is 4.68 Å². The second-order valence-electron chi connectivity index (χ2n) is 6.36. The topological polar surface area (TPSA) is 75.3 Å². The Morgan fingerprint density at radius 1 is 1.26 bits per heavy atom. The van der Waals surface area contributed by atoms with Crippen LogP contribution < -0.4 is 10.3 Å². The van der Waals surface area contributed by atoms with E-state index in [0.29, 0.717) is 24.1 Å². The van der Waals surface area contributed by atoms with Crippen LogP contribution in [0.25, 0.3) is 10.9 Å². The SMILES string of the molecule is CCOC(=O)C(C)n1cc(C)c2c(=O)n(Cc3ccc(OC)cc3)ncc21. The number of carbonyl (C=O) groups excluding carboxylic acids is 1. The summed E-state index contributed by atoms with van der Waals surface area (Å²) in [6.07, 6.45) is 3.43. The van der Waals surface area contributed by atoms with Crippen molar-refractivity contribution >= 4 is 16.9 Å². The number of aryl methyl sites for hydroxylation is 1. The number of hydrogen-bond donors (Lipinski definition) is 0. The van der Waals surface area contributed by atoms with Gasteiger partial charge < -0.3 is 14.0 Å². The van der Waals surface area contributed by atoms with E-state index >= 15 is 0 Å². The minimum atomic E-state index is -0.528. The summed E-state index contributed by atoms with van der Waals surface area (Å²) >= 11 is 0. The maximum Gasteiger partial charge on any atom is 0.328 e. The number of nitrogens with zero attached hydrogens (tertiary/aromatic N) is 3. The molecule has 7 heteroatoms. The number of esters is 1. The summed E-state index contributed by atoms with van der Waals surface area (Å²) < 4.78 is 13.4. The molecule has 0 fully saturated rings. The van der Waals surface area contributed by atoms with Crippen molar-refractivity contribution < 1.29 is 14.3 Å². The molecule has 1 aromatic carbocycles. The largest absolute Gasteiger partial charge is 0.497 e. The van der Waals surface area contributed by atoms with Crippen LogP contribution in [0.2, 0.25) is 0 Å². The van der Waals surface area contributed by atoms with Gasteiger partial charge in [0.05, 0.1) is 37.4 Å². The maximum atomic E-state index is 13.0. The van der Waals surface area contributed by atoms with Crippen molar-refractivity contribution in [2.24, 2.45) is 0 Å². The fourth-order valence-electron chi connectivity index (χ4n) is 3.10. The molecule has 1 unspecified atom stereocenters. The highest BCUT2D eigenvalue weighted by Crippen LogP contribution is 2.22.